The molecule has 110 valence electrons. The van der Waals surface area contributed by atoms with Crippen LogP contribution in [0, 0.1) is 39.3 Å². The van der Waals surface area contributed by atoms with Gasteiger partial charge < -0.3 is 5.73 Å². The molecule has 0 aliphatic carbocycles. The zero-order chi connectivity index (χ0) is 15.9. The minimum atomic E-state index is -1.00. The van der Waals surface area contributed by atoms with E-state index < -0.39 is 23.0 Å². The Labute approximate surface area is 122 Å². The Kier molecular flexibility index (Phi) is 3.81. The van der Waals surface area contributed by atoms with Crippen LogP contribution in [0.5, 0.6) is 0 Å². The number of anilines is 1. The first-order chi connectivity index (χ1) is 9.75. The van der Waals surface area contributed by atoms with E-state index in [1.165, 1.54) is 0 Å². The van der Waals surface area contributed by atoms with E-state index in [1.54, 1.807) is 13.8 Å². The third kappa shape index (κ3) is 2.42. The molecule has 0 saturated heterocycles. The topological polar surface area (TPSA) is 43.1 Å². The van der Waals surface area contributed by atoms with E-state index in [1.807, 2.05) is 19.9 Å². The van der Waals surface area contributed by atoms with Crippen LogP contribution in [0.2, 0.25) is 0 Å². The summed E-state index contributed by atoms with van der Waals surface area (Å²) in [7, 11) is 0. The lowest BCUT2D eigenvalue weighted by Crippen LogP contribution is -2.14. The van der Waals surface area contributed by atoms with Gasteiger partial charge in [-0.25, -0.2) is 8.78 Å². The summed E-state index contributed by atoms with van der Waals surface area (Å²) in [6.07, 6.45) is 0. The van der Waals surface area contributed by atoms with Gasteiger partial charge in [-0.2, -0.15) is 0 Å². The number of carbonyl (C=O) groups is 1. The molecule has 0 saturated carbocycles. The second kappa shape index (κ2) is 5.28. The first-order valence-corrected chi connectivity index (χ1v) is 6.61. The van der Waals surface area contributed by atoms with Crippen molar-refractivity contribution in [1.29, 1.82) is 0 Å². The van der Waals surface area contributed by atoms with Crippen molar-refractivity contribution in [2.45, 2.75) is 27.7 Å². The fourth-order valence-electron chi connectivity index (χ4n) is 2.46. The molecule has 2 aromatic rings. The smallest absolute Gasteiger partial charge is 0.199 e. The average molecular weight is 289 g/mol. The van der Waals surface area contributed by atoms with Gasteiger partial charge in [-0.1, -0.05) is 6.07 Å². The standard InChI is InChI=1S/C17H17F2NO/c1-8-7-9(2)11(4)14(10(8)3)17(21)15-12(18)5-6-13(20)16(15)19/h5-7H,20H2,1-4H3. The predicted molar refractivity (Wildman–Crippen MR) is 79.6 cm³/mol. The number of hydrogen-bond acceptors (Lipinski definition) is 2. The molecule has 2 rings (SSSR count). The maximum atomic E-state index is 14.1. The van der Waals surface area contributed by atoms with E-state index in [0.717, 1.165) is 34.4 Å². The van der Waals surface area contributed by atoms with Gasteiger partial charge in [-0.3, -0.25) is 4.79 Å². The van der Waals surface area contributed by atoms with E-state index in [4.69, 9.17) is 5.73 Å². The first-order valence-electron chi connectivity index (χ1n) is 6.61. The molecule has 4 heteroatoms. The molecule has 2 nitrogen and oxygen atoms in total. The van der Waals surface area contributed by atoms with Crippen molar-refractivity contribution in [1.82, 2.24) is 0 Å². The normalized spacial score (nSPS) is 10.8. The van der Waals surface area contributed by atoms with Crippen molar-refractivity contribution in [2.75, 3.05) is 5.73 Å². The number of benzene rings is 2. The lowest BCUT2D eigenvalue weighted by Gasteiger charge is -2.15. The molecule has 0 radical (unpaired) electrons. The number of hydrogen-bond donors (Lipinski definition) is 1. The second-order valence-corrected chi connectivity index (χ2v) is 5.29. The molecule has 21 heavy (non-hydrogen) atoms. The van der Waals surface area contributed by atoms with Crippen molar-refractivity contribution >= 4 is 11.5 Å². The van der Waals surface area contributed by atoms with Crippen LogP contribution in [-0.4, -0.2) is 5.78 Å². The van der Waals surface area contributed by atoms with Gasteiger partial charge in [0.2, 0.25) is 0 Å². The summed E-state index contributed by atoms with van der Waals surface area (Å²) in [4.78, 5) is 12.7. The van der Waals surface area contributed by atoms with Crippen LogP contribution in [0.1, 0.15) is 38.2 Å². The summed E-state index contributed by atoms with van der Waals surface area (Å²) >= 11 is 0. The molecule has 2 N–H and O–H groups in total. The summed E-state index contributed by atoms with van der Waals surface area (Å²) in [5.74, 6) is -2.57. The molecule has 2 aromatic carbocycles. The SMILES string of the molecule is Cc1cc(C)c(C)c(C(=O)c2c(F)ccc(N)c2F)c1C. The van der Waals surface area contributed by atoms with E-state index in [2.05, 4.69) is 0 Å². The number of nitrogen functional groups attached to an aromatic ring is 1. The maximum Gasteiger partial charge on any atom is 0.199 e. The number of rotatable bonds is 2. The van der Waals surface area contributed by atoms with Crippen molar-refractivity contribution in [3.63, 3.8) is 0 Å². The van der Waals surface area contributed by atoms with Crippen molar-refractivity contribution in [3.05, 3.63) is 63.2 Å². The van der Waals surface area contributed by atoms with Crippen LogP contribution in [0.4, 0.5) is 14.5 Å². The number of ketones is 1. The molecule has 0 amide bonds. The summed E-state index contributed by atoms with van der Waals surface area (Å²) < 4.78 is 28.0. The molecule has 0 aromatic heterocycles. The predicted octanol–water partition coefficient (Wildman–Crippen LogP) is 4.01. The lowest BCUT2D eigenvalue weighted by atomic mass is 9.89. The molecule has 0 atom stereocenters. The number of nitrogens with two attached hydrogens (primary N) is 1. The molecule has 0 unspecified atom stereocenters. The van der Waals surface area contributed by atoms with E-state index in [0.29, 0.717) is 5.56 Å². The molecular formula is C17H17F2NO. The monoisotopic (exact) mass is 289 g/mol. The summed E-state index contributed by atoms with van der Waals surface area (Å²) in [6.45, 7) is 7.28. The van der Waals surface area contributed by atoms with Gasteiger partial charge in [0.05, 0.1) is 11.3 Å². The Morgan fingerprint density at radius 3 is 2.00 bits per heavy atom. The largest absolute Gasteiger partial charge is 0.396 e. The zero-order valence-electron chi connectivity index (χ0n) is 12.5. The Balaban J connectivity index is 2.76. The highest BCUT2D eigenvalue weighted by atomic mass is 19.1. The Morgan fingerprint density at radius 1 is 0.952 bits per heavy atom. The Bertz CT molecular complexity index is 725. The Morgan fingerprint density at radius 2 is 1.48 bits per heavy atom. The zero-order valence-corrected chi connectivity index (χ0v) is 12.5. The van der Waals surface area contributed by atoms with Gasteiger partial charge in [0.25, 0.3) is 0 Å². The fourth-order valence-corrected chi connectivity index (χ4v) is 2.46. The third-order valence-corrected chi connectivity index (χ3v) is 3.94. The number of halogens is 2. The van der Waals surface area contributed by atoms with Gasteiger partial charge in [-0.15, -0.1) is 0 Å². The number of aryl methyl sites for hydroxylation is 2. The lowest BCUT2D eigenvalue weighted by molar-refractivity contribution is 0.103. The van der Waals surface area contributed by atoms with Crippen molar-refractivity contribution in [3.8, 4) is 0 Å². The average Bonchev–Trinajstić information content (AvgIpc) is 2.41. The minimum Gasteiger partial charge on any atom is -0.396 e. The molecular weight excluding hydrogens is 272 g/mol. The molecule has 0 heterocycles. The summed E-state index contributed by atoms with van der Waals surface area (Å²) in [5, 5.41) is 0. The van der Waals surface area contributed by atoms with E-state index in [9.17, 15) is 13.6 Å². The highest BCUT2D eigenvalue weighted by molar-refractivity contribution is 6.12. The van der Waals surface area contributed by atoms with Crippen LogP contribution in [0.25, 0.3) is 0 Å². The van der Waals surface area contributed by atoms with Crippen LogP contribution < -0.4 is 5.73 Å². The van der Waals surface area contributed by atoms with Gasteiger partial charge in [0, 0.05) is 5.56 Å². The Hall–Kier alpha value is -2.23. The molecule has 0 spiro atoms. The summed E-state index contributed by atoms with van der Waals surface area (Å²) in [5.41, 5.74) is 8.23. The van der Waals surface area contributed by atoms with Crippen LogP contribution in [0.15, 0.2) is 18.2 Å². The molecule has 0 fully saturated rings. The van der Waals surface area contributed by atoms with Crippen LogP contribution >= 0.6 is 0 Å². The van der Waals surface area contributed by atoms with Crippen molar-refractivity contribution in [2.24, 2.45) is 0 Å². The highest BCUT2D eigenvalue weighted by Crippen LogP contribution is 2.28. The molecule has 0 aliphatic heterocycles. The first kappa shape index (κ1) is 15.2. The quantitative estimate of drug-likeness (QED) is 0.670. The van der Waals surface area contributed by atoms with Crippen LogP contribution in [-0.2, 0) is 0 Å². The maximum absolute atomic E-state index is 14.1. The third-order valence-electron chi connectivity index (χ3n) is 3.94. The number of carbonyl (C=O) groups excluding carboxylic acids is 1. The van der Waals surface area contributed by atoms with Gasteiger partial charge >= 0.3 is 0 Å². The highest BCUT2D eigenvalue weighted by Gasteiger charge is 2.24. The second-order valence-electron chi connectivity index (χ2n) is 5.29. The van der Waals surface area contributed by atoms with Gasteiger partial charge in [0.1, 0.15) is 5.82 Å². The van der Waals surface area contributed by atoms with Crippen LogP contribution in [0.3, 0.4) is 0 Å². The summed E-state index contributed by atoms with van der Waals surface area (Å²) in [6, 6.07) is 4.08. The van der Waals surface area contributed by atoms with E-state index in [-0.39, 0.29) is 5.69 Å². The van der Waals surface area contributed by atoms with E-state index >= 15 is 0 Å². The fraction of sp³-hybridized carbons (Fsp3) is 0.235. The minimum absolute atomic E-state index is 0.237. The molecule has 0 aliphatic rings. The van der Waals surface area contributed by atoms with Gasteiger partial charge in [-0.05, 0) is 62.1 Å². The van der Waals surface area contributed by atoms with Crippen molar-refractivity contribution < 1.29 is 13.6 Å². The molecule has 0 bridgehead atoms. The van der Waals surface area contributed by atoms with Gasteiger partial charge in [0.15, 0.2) is 11.6 Å².